The summed E-state index contributed by atoms with van der Waals surface area (Å²) in [6, 6.07) is 11.7. The molecule has 1 unspecified atom stereocenters. The lowest BCUT2D eigenvalue weighted by Crippen LogP contribution is -2.40. The van der Waals surface area contributed by atoms with Crippen LogP contribution in [0.25, 0.3) is 0 Å². The predicted octanol–water partition coefficient (Wildman–Crippen LogP) is 4.74. The quantitative estimate of drug-likeness (QED) is 0.505. The Morgan fingerprint density at radius 3 is 2.80 bits per heavy atom. The molecular weight excluding hydrogens is 479 g/mol. The summed E-state index contributed by atoms with van der Waals surface area (Å²) in [6.07, 6.45) is -2.52. The van der Waals surface area contributed by atoms with Crippen molar-refractivity contribution in [2.45, 2.75) is 50.9 Å². The fraction of sp³-hybridized carbons (Fsp3) is 0.417. The van der Waals surface area contributed by atoms with E-state index in [1.165, 1.54) is 6.92 Å². The van der Waals surface area contributed by atoms with Crippen LogP contribution in [-0.2, 0) is 22.4 Å². The standard InChI is InChI=1S/C24H23F3N5O2S/c1-15-11-21(24(25,26)27)29-32(15)13-22(33)31-9-7-17(8-10-31)23-28-19(14-35-23)18-12-20(34-30-18)16-5-3-2-4-6-16/h2-3,5-6,11,14,17,20H,7-10,12-13H2,1H3. The van der Waals surface area contributed by atoms with Gasteiger partial charge in [0.25, 0.3) is 0 Å². The lowest BCUT2D eigenvalue weighted by molar-refractivity contribution is -0.142. The number of thiazole rings is 1. The van der Waals surface area contributed by atoms with Crippen molar-refractivity contribution in [3.05, 3.63) is 69.4 Å². The number of halogens is 3. The number of oxime groups is 1. The molecule has 1 radical (unpaired) electrons. The van der Waals surface area contributed by atoms with Crippen molar-refractivity contribution in [2.24, 2.45) is 5.16 Å². The maximum atomic E-state index is 12.9. The zero-order valence-electron chi connectivity index (χ0n) is 19.0. The average Bonchev–Trinajstić information content (AvgIpc) is 3.60. The highest BCUT2D eigenvalue weighted by molar-refractivity contribution is 7.10. The average molecular weight is 503 g/mol. The molecule has 0 aliphatic carbocycles. The van der Waals surface area contributed by atoms with Crippen molar-refractivity contribution >= 4 is 23.0 Å². The summed E-state index contributed by atoms with van der Waals surface area (Å²) >= 11 is 1.58. The van der Waals surface area contributed by atoms with Gasteiger partial charge in [-0.05, 0) is 43.5 Å². The van der Waals surface area contributed by atoms with E-state index in [9.17, 15) is 18.0 Å². The first kappa shape index (κ1) is 23.5. The number of aromatic nitrogens is 3. The normalized spacial score (nSPS) is 19.0. The summed E-state index contributed by atoms with van der Waals surface area (Å²) in [7, 11) is 0. The number of hydrogen-bond acceptors (Lipinski definition) is 6. The first-order chi connectivity index (χ1) is 16.8. The number of amides is 1. The molecule has 1 amide bonds. The van der Waals surface area contributed by atoms with E-state index >= 15 is 0 Å². The molecule has 5 rings (SSSR count). The molecule has 0 spiro atoms. The molecule has 1 aromatic carbocycles. The molecule has 183 valence electrons. The highest BCUT2D eigenvalue weighted by Gasteiger charge is 2.35. The zero-order valence-corrected chi connectivity index (χ0v) is 19.8. The van der Waals surface area contributed by atoms with Gasteiger partial charge in [0.1, 0.15) is 12.3 Å². The van der Waals surface area contributed by atoms with Gasteiger partial charge in [0.05, 0.1) is 10.7 Å². The van der Waals surface area contributed by atoms with E-state index in [0.717, 1.165) is 45.6 Å². The Balaban J connectivity index is 1.15. The van der Waals surface area contributed by atoms with Crippen LogP contribution >= 0.6 is 11.3 Å². The summed E-state index contributed by atoms with van der Waals surface area (Å²) in [5.41, 5.74) is 2.00. The molecule has 0 bridgehead atoms. The number of nitrogens with zero attached hydrogens (tertiary/aromatic N) is 5. The van der Waals surface area contributed by atoms with Crippen LogP contribution in [0.15, 0.2) is 40.9 Å². The molecule has 35 heavy (non-hydrogen) atoms. The van der Waals surface area contributed by atoms with E-state index < -0.39 is 11.9 Å². The second-order valence-corrected chi connectivity index (χ2v) is 9.62. The van der Waals surface area contributed by atoms with Crippen LogP contribution in [0, 0.1) is 13.0 Å². The van der Waals surface area contributed by atoms with Gasteiger partial charge in [0.2, 0.25) is 5.91 Å². The smallest absolute Gasteiger partial charge is 0.387 e. The summed E-state index contributed by atoms with van der Waals surface area (Å²) in [6.45, 7) is 2.37. The van der Waals surface area contributed by atoms with E-state index in [0.29, 0.717) is 25.2 Å². The monoisotopic (exact) mass is 502 g/mol. The third-order valence-corrected chi connectivity index (χ3v) is 7.35. The van der Waals surface area contributed by atoms with Crippen molar-refractivity contribution < 1.29 is 22.8 Å². The Bertz CT molecular complexity index is 1230. The second kappa shape index (κ2) is 9.44. The molecule has 2 aliphatic rings. The van der Waals surface area contributed by atoms with Gasteiger partial charge in [-0.2, -0.15) is 18.3 Å². The highest BCUT2D eigenvalue weighted by atomic mass is 32.1. The van der Waals surface area contributed by atoms with Gasteiger partial charge in [0, 0.05) is 36.5 Å². The lowest BCUT2D eigenvalue weighted by atomic mass is 9.97. The Morgan fingerprint density at radius 2 is 2.11 bits per heavy atom. The minimum Gasteiger partial charge on any atom is -0.387 e. The summed E-state index contributed by atoms with van der Waals surface area (Å²) in [5.74, 6) is -0.00614. The van der Waals surface area contributed by atoms with Gasteiger partial charge in [-0.25, -0.2) is 4.98 Å². The highest BCUT2D eigenvalue weighted by Crippen LogP contribution is 2.34. The maximum Gasteiger partial charge on any atom is 0.435 e. The molecule has 1 fully saturated rings. The van der Waals surface area contributed by atoms with Gasteiger partial charge < -0.3 is 9.74 Å². The van der Waals surface area contributed by atoms with Crippen LogP contribution in [0.5, 0.6) is 0 Å². The third kappa shape index (κ3) is 5.09. The number of hydrogen-bond donors (Lipinski definition) is 0. The molecule has 7 nitrogen and oxygen atoms in total. The molecule has 4 heterocycles. The zero-order chi connectivity index (χ0) is 24.6. The fourth-order valence-electron chi connectivity index (χ4n) is 4.34. The maximum absolute atomic E-state index is 12.9. The van der Waals surface area contributed by atoms with Crippen molar-refractivity contribution in [2.75, 3.05) is 13.1 Å². The largest absolute Gasteiger partial charge is 0.435 e. The molecule has 11 heteroatoms. The number of aryl methyl sites for hydroxylation is 1. The van der Waals surface area contributed by atoms with Crippen molar-refractivity contribution in [1.82, 2.24) is 19.7 Å². The second-order valence-electron chi connectivity index (χ2n) is 8.73. The van der Waals surface area contributed by atoms with E-state index in [1.54, 1.807) is 16.2 Å². The number of piperidine rings is 1. The van der Waals surface area contributed by atoms with Gasteiger partial charge >= 0.3 is 6.18 Å². The van der Waals surface area contributed by atoms with Gasteiger partial charge in [-0.3, -0.25) is 9.48 Å². The van der Waals surface area contributed by atoms with Crippen molar-refractivity contribution in [1.29, 1.82) is 0 Å². The Morgan fingerprint density at radius 1 is 1.31 bits per heavy atom. The Hall–Kier alpha value is -3.21. The van der Waals surface area contributed by atoms with Gasteiger partial charge in [-0.1, -0.05) is 23.4 Å². The van der Waals surface area contributed by atoms with Crippen molar-refractivity contribution in [3.63, 3.8) is 0 Å². The van der Waals surface area contributed by atoms with Crippen molar-refractivity contribution in [3.8, 4) is 0 Å². The van der Waals surface area contributed by atoms with E-state index in [-0.39, 0.29) is 24.5 Å². The fourth-order valence-corrected chi connectivity index (χ4v) is 5.34. The van der Waals surface area contributed by atoms with Gasteiger partial charge in [0.15, 0.2) is 11.8 Å². The number of carbonyl (C=O) groups is 1. The molecular formula is C24H23F3N5O2S. The molecule has 0 saturated carbocycles. The number of likely N-dealkylation sites (tertiary alicyclic amines) is 1. The summed E-state index contributed by atoms with van der Waals surface area (Å²) in [5, 5.41) is 10.8. The van der Waals surface area contributed by atoms with Crippen LogP contribution in [0.1, 0.15) is 58.9 Å². The summed E-state index contributed by atoms with van der Waals surface area (Å²) in [4.78, 5) is 24.8. The van der Waals surface area contributed by atoms with E-state index in [4.69, 9.17) is 9.82 Å². The third-order valence-electron chi connectivity index (χ3n) is 6.34. The molecule has 2 aliphatic heterocycles. The molecule has 2 aromatic heterocycles. The summed E-state index contributed by atoms with van der Waals surface area (Å²) < 4.78 is 39.8. The number of carbonyl (C=O) groups excluding carboxylic acids is 1. The first-order valence-corrected chi connectivity index (χ1v) is 12.2. The van der Waals surface area contributed by atoms with Crippen LogP contribution in [0.2, 0.25) is 0 Å². The molecule has 0 N–H and O–H groups in total. The van der Waals surface area contributed by atoms with Crippen LogP contribution in [0.3, 0.4) is 0 Å². The van der Waals surface area contributed by atoms with Crippen LogP contribution < -0.4 is 0 Å². The molecule has 3 aromatic rings. The lowest BCUT2D eigenvalue weighted by Gasteiger charge is -2.31. The first-order valence-electron chi connectivity index (χ1n) is 11.3. The van der Waals surface area contributed by atoms with E-state index in [2.05, 4.69) is 16.3 Å². The molecule has 1 atom stereocenters. The van der Waals surface area contributed by atoms with E-state index in [1.807, 2.05) is 29.6 Å². The predicted molar refractivity (Wildman–Crippen MR) is 123 cm³/mol. The minimum atomic E-state index is -4.53. The SMILES string of the molecule is Cc1cc(C(F)(F)F)nn1CC(=O)N1CCC(c2nc(C3=NOC(c4c[c]ccc4)C3)cs2)CC1. The van der Waals surface area contributed by atoms with Crippen LogP contribution in [0.4, 0.5) is 13.2 Å². The molecule has 1 saturated heterocycles. The van der Waals surface area contributed by atoms with Crippen LogP contribution in [-0.4, -0.2) is 44.4 Å². The topological polar surface area (TPSA) is 72.6 Å². The Kier molecular flexibility index (Phi) is 6.35. The number of rotatable bonds is 5. The number of benzene rings is 1. The van der Waals surface area contributed by atoms with Gasteiger partial charge in [-0.15, -0.1) is 11.3 Å². The number of alkyl halides is 3. The Labute approximate surface area is 204 Å². The minimum absolute atomic E-state index is 0.132.